The Hall–Kier alpha value is -1.70. The van der Waals surface area contributed by atoms with Gasteiger partial charge in [-0.3, -0.25) is 9.97 Å². The van der Waals surface area contributed by atoms with E-state index in [0.29, 0.717) is 0 Å². The Kier molecular flexibility index (Phi) is 5.08. The molecule has 2 aromatic rings. The Balaban J connectivity index is 2.40. The summed E-state index contributed by atoms with van der Waals surface area (Å²) in [5.41, 5.74) is 5.09. The van der Waals surface area contributed by atoms with Gasteiger partial charge >= 0.3 is 0 Å². The molecule has 0 saturated heterocycles. The number of rotatable bonds is 6. The third-order valence-corrected chi connectivity index (χ3v) is 3.38. The molecule has 0 N–H and O–H groups in total. The van der Waals surface area contributed by atoms with Crippen LogP contribution in [0.5, 0.6) is 0 Å². The lowest BCUT2D eigenvalue weighted by molar-refractivity contribution is 0.778. The quantitative estimate of drug-likeness (QED) is 0.761. The number of pyridine rings is 2. The SMILES string of the molecule is CCCCc1ncccc1-c1cnccc1CCC. The van der Waals surface area contributed by atoms with E-state index in [4.69, 9.17) is 0 Å². The molecule has 2 nitrogen and oxygen atoms in total. The van der Waals surface area contributed by atoms with Gasteiger partial charge in [0.15, 0.2) is 0 Å². The van der Waals surface area contributed by atoms with Crippen LogP contribution in [0.25, 0.3) is 11.1 Å². The molecule has 2 heteroatoms. The summed E-state index contributed by atoms with van der Waals surface area (Å²) in [5.74, 6) is 0. The molecule has 0 aliphatic carbocycles. The molecule has 19 heavy (non-hydrogen) atoms. The zero-order chi connectivity index (χ0) is 13.5. The van der Waals surface area contributed by atoms with E-state index in [1.54, 1.807) is 0 Å². The summed E-state index contributed by atoms with van der Waals surface area (Å²) < 4.78 is 0. The highest BCUT2D eigenvalue weighted by Crippen LogP contribution is 2.27. The Morgan fingerprint density at radius 2 is 1.84 bits per heavy atom. The third-order valence-electron chi connectivity index (χ3n) is 3.38. The summed E-state index contributed by atoms with van der Waals surface area (Å²) in [4.78, 5) is 8.86. The van der Waals surface area contributed by atoms with Crippen molar-refractivity contribution in [2.45, 2.75) is 46.0 Å². The molecule has 2 heterocycles. The van der Waals surface area contributed by atoms with E-state index < -0.39 is 0 Å². The highest BCUT2D eigenvalue weighted by atomic mass is 14.7. The zero-order valence-electron chi connectivity index (χ0n) is 11.9. The Bertz CT molecular complexity index is 520. The Labute approximate surface area is 115 Å². The first kappa shape index (κ1) is 13.7. The summed E-state index contributed by atoms with van der Waals surface area (Å²) in [6.45, 7) is 4.43. The van der Waals surface area contributed by atoms with Crippen LogP contribution in [0.4, 0.5) is 0 Å². The van der Waals surface area contributed by atoms with Gasteiger partial charge in [-0.1, -0.05) is 32.8 Å². The molecule has 0 spiro atoms. The lowest BCUT2D eigenvalue weighted by atomic mass is 9.96. The Morgan fingerprint density at radius 1 is 0.947 bits per heavy atom. The molecule has 0 fully saturated rings. The Morgan fingerprint density at radius 3 is 2.63 bits per heavy atom. The second-order valence-corrected chi connectivity index (χ2v) is 4.88. The van der Waals surface area contributed by atoms with Gasteiger partial charge in [0.2, 0.25) is 0 Å². The van der Waals surface area contributed by atoms with Crippen LogP contribution in [0, 0.1) is 0 Å². The molecule has 0 aliphatic rings. The number of hydrogen-bond acceptors (Lipinski definition) is 2. The predicted molar refractivity (Wildman–Crippen MR) is 80.1 cm³/mol. The number of nitrogens with zero attached hydrogens (tertiary/aromatic N) is 2. The number of aromatic nitrogens is 2. The van der Waals surface area contributed by atoms with Crippen LogP contribution in [0.3, 0.4) is 0 Å². The largest absolute Gasteiger partial charge is 0.264 e. The van der Waals surface area contributed by atoms with Crippen LogP contribution in [0.1, 0.15) is 44.4 Å². The topological polar surface area (TPSA) is 25.8 Å². The van der Waals surface area contributed by atoms with Crippen molar-refractivity contribution in [3.05, 3.63) is 48.0 Å². The van der Waals surface area contributed by atoms with Crippen LogP contribution in [-0.4, -0.2) is 9.97 Å². The molecule has 2 rings (SSSR count). The van der Waals surface area contributed by atoms with Crippen molar-refractivity contribution in [2.24, 2.45) is 0 Å². The van der Waals surface area contributed by atoms with Crippen LogP contribution < -0.4 is 0 Å². The molecule has 0 aliphatic heterocycles. The fraction of sp³-hybridized carbons (Fsp3) is 0.412. The minimum Gasteiger partial charge on any atom is -0.264 e. The van der Waals surface area contributed by atoms with E-state index in [0.717, 1.165) is 19.3 Å². The minimum atomic E-state index is 1.05. The normalized spacial score (nSPS) is 10.6. The number of aryl methyl sites for hydroxylation is 2. The summed E-state index contributed by atoms with van der Waals surface area (Å²) in [7, 11) is 0. The summed E-state index contributed by atoms with van der Waals surface area (Å²) >= 11 is 0. The van der Waals surface area contributed by atoms with Crippen molar-refractivity contribution < 1.29 is 0 Å². The monoisotopic (exact) mass is 254 g/mol. The van der Waals surface area contributed by atoms with Crippen LogP contribution in [0.2, 0.25) is 0 Å². The van der Waals surface area contributed by atoms with Gasteiger partial charge in [-0.25, -0.2) is 0 Å². The molecule has 0 atom stereocenters. The van der Waals surface area contributed by atoms with Crippen molar-refractivity contribution in [2.75, 3.05) is 0 Å². The summed E-state index contributed by atoms with van der Waals surface area (Å²) in [6.07, 6.45) is 11.4. The lowest BCUT2D eigenvalue weighted by Gasteiger charge is -2.12. The second kappa shape index (κ2) is 7.03. The first-order valence-corrected chi connectivity index (χ1v) is 7.24. The van der Waals surface area contributed by atoms with E-state index in [1.807, 2.05) is 24.7 Å². The fourth-order valence-electron chi connectivity index (χ4n) is 2.38. The van der Waals surface area contributed by atoms with E-state index in [9.17, 15) is 0 Å². The van der Waals surface area contributed by atoms with Gasteiger partial charge in [-0.2, -0.15) is 0 Å². The highest BCUT2D eigenvalue weighted by Gasteiger charge is 2.09. The third kappa shape index (κ3) is 3.40. The van der Waals surface area contributed by atoms with Gasteiger partial charge in [0.05, 0.1) is 0 Å². The maximum absolute atomic E-state index is 4.57. The molecule has 0 amide bonds. The maximum Gasteiger partial charge on any atom is 0.0482 e. The summed E-state index contributed by atoms with van der Waals surface area (Å²) in [6, 6.07) is 6.33. The van der Waals surface area contributed by atoms with Gasteiger partial charge in [-0.05, 0) is 37.0 Å². The van der Waals surface area contributed by atoms with Gasteiger partial charge in [0, 0.05) is 35.4 Å². The number of hydrogen-bond donors (Lipinski definition) is 0. The van der Waals surface area contributed by atoms with Gasteiger partial charge in [0.25, 0.3) is 0 Å². The molecule has 100 valence electrons. The minimum absolute atomic E-state index is 1.05. The van der Waals surface area contributed by atoms with Crippen molar-refractivity contribution >= 4 is 0 Å². The summed E-state index contributed by atoms with van der Waals surface area (Å²) in [5, 5.41) is 0. The van der Waals surface area contributed by atoms with Crippen molar-refractivity contribution in [1.29, 1.82) is 0 Å². The van der Waals surface area contributed by atoms with Crippen molar-refractivity contribution in [3.8, 4) is 11.1 Å². The highest BCUT2D eigenvalue weighted by molar-refractivity contribution is 5.68. The van der Waals surface area contributed by atoms with Gasteiger partial charge in [-0.15, -0.1) is 0 Å². The molecule has 2 aromatic heterocycles. The average Bonchev–Trinajstić information content (AvgIpc) is 2.46. The smallest absolute Gasteiger partial charge is 0.0482 e. The van der Waals surface area contributed by atoms with E-state index in [2.05, 4.69) is 35.9 Å². The van der Waals surface area contributed by atoms with Gasteiger partial charge < -0.3 is 0 Å². The first-order chi connectivity index (χ1) is 9.36. The van der Waals surface area contributed by atoms with Crippen LogP contribution in [-0.2, 0) is 12.8 Å². The van der Waals surface area contributed by atoms with E-state index in [-0.39, 0.29) is 0 Å². The molecule has 0 bridgehead atoms. The van der Waals surface area contributed by atoms with Crippen molar-refractivity contribution in [3.63, 3.8) is 0 Å². The van der Waals surface area contributed by atoms with E-state index >= 15 is 0 Å². The fourth-order valence-corrected chi connectivity index (χ4v) is 2.38. The second-order valence-electron chi connectivity index (χ2n) is 4.88. The molecule has 0 unspecified atom stereocenters. The standard InChI is InChI=1S/C17H22N2/c1-3-5-9-17-15(8-6-11-19-17)16-13-18-12-10-14(16)7-4-2/h6,8,10-13H,3-5,7,9H2,1-2H3. The average molecular weight is 254 g/mol. The lowest BCUT2D eigenvalue weighted by Crippen LogP contribution is -1.97. The van der Waals surface area contributed by atoms with E-state index in [1.165, 1.54) is 35.2 Å². The number of unbranched alkanes of at least 4 members (excludes halogenated alkanes) is 1. The molecule has 0 saturated carbocycles. The van der Waals surface area contributed by atoms with Crippen LogP contribution >= 0.6 is 0 Å². The molecular weight excluding hydrogens is 232 g/mol. The molecule has 0 radical (unpaired) electrons. The molecular formula is C17H22N2. The maximum atomic E-state index is 4.57. The molecule has 0 aromatic carbocycles. The first-order valence-electron chi connectivity index (χ1n) is 7.24. The van der Waals surface area contributed by atoms with Gasteiger partial charge in [0.1, 0.15) is 0 Å². The zero-order valence-corrected chi connectivity index (χ0v) is 11.9. The van der Waals surface area contributed by atoms with Crippen LogP contribution in [0.15, 0.2) is 36.8 Å². The predicted octanol–water partition coefficient (Wildman–Crippen LogP) is 4.44. The van der Waals surface area contributed by atoms with Crippen molar-refractivity contribution in [1.82, 2.24) is 9.97 Å².